The summed E-state index contributed by atoms with van der Waals surface area (Å²) in [5.74, 6) is -1.52. The lowest BCUT2D eigenvalue weighted by molar-refractivity contribution is -0.143. The Morgan fingerprint density at radius 1 is 1.55 bits per heavy atom. The van der Waals surface area contributed by atoms with Gasteiger partial charge in [-0.05, 0) is 12.8 Å². The van der Waals surface area contributed by atoms with Crippen LogP contribution in [0.25, 0.3) is 0 Å². The van der Waals surface area contributed by atoms with E-state index in [1.54, 1.807) is 0 Å². The lowest BCUT2D eigenvalue weighted by atomic mass is 10.0. The topological polar surface area (TPSA) is 63.6 Å². The number of aliphatic carboxylic acids is 1. The van der Waals surface area contributed by atoms with Crippen molar-refractivity contribution in [2.75, 3.05) is 6.61 Å². The Hall–Kier alpha value is -1.06. The number of cyclic esters (lactones) is 1. The summed E-state index contributed by atoms with van der Waals surface area (Å²) in [6.45, 7) is 0.246. The lowest BCUT2D eigenvalue weighted by Crippen LogP contribution is -2.13. The maximum absolute atomic E-state index is 10.6. The second-order valence-corrected chi connectivity index (χ2v) is 2.58. The van der Waals surface area contributed by atoms with Gasteiger partial charge in [-0.1, -0.05) is 0 Å². The molecule has 1 atom stereocenters. The molecule has 1 fully saturated rings. The molecule has 0 radical (unpaired) electrons. The first-order valence-electron chi connectivity index (χ1n) is 3.58. The minimum absolute atomic E-state index is 0.233. The van der Waals surface area contributed by atoms with Crippen LogP contribution in [0.5, 0.6) is 0 Å². The Kier molecular flexibility index (Phi) is 2.46. The maximum atomic E-state index is 10.6. The fraction of sp³-hybridized carbons (Fsp3) is 0.714. The third-order valence-corrected chi connectivity index (χ3v) is 1.78. The summed E-state index contributed by atoms with van der Waals surface area (Å²) in [7, 11) is 0. The fourth-order valence-electron chi connectivity index (χ4n) is 1.07. The second-order valence-electron chi connectivity index (χ2n) is 2.58. The molecule has 0 amide bonds. The predicted octanol–water partition coefficient (Wildman–Crippen LogP) is 0.414. The average Bonchev–Trinajstić information content (AvgIpc) is 2.13. The van der Waals surface area contributed by atoms with Crippen molar-refractivity contribution in [1.29, 1.82) is 0 Å². The minimum atomic E-state index is -0.830. The molecule has 0 aromatic carbocycles. The molecule has 4 heteroatoms. The number of rotatable bonds is 1. The van der Waals surface area contributed by atoms with E-state index in [1.807, 2.05) is 0 Å². The molecule has 4 nitrogen and oxygen atoms in total. The van der Waals surface area contributed by atoms with Crippen molar-refractivity contribution >= 4 is 11.9 Å². The van der Waals surface area contributed by atoms with Crippen molar-refractivity contribution in [2.24, 2.45) is 5.92 Å². The highest BCUT2D eigenvalue weighted by atomic mass is 16.5. The van der Waals surface area contributed by atoms with Crippen LogP contribution in [0.4, 0.5) is 0 Å². The van der Waals surface area contributed by atoms with Crippen molar-refractivity contribution in [2.45, 2.75) is 19.3 Å². The molecule has 1 saturated heterocycles. The van der Waals surface area contributed by atoms with Gasteiger partial charge in [-0.2, -0.15) is 0 Å². The largest absolute Gasteiger partial charge is 0.481 e. The summed E-state index contributed by atoms with van der Waals surface area (Å²) < 4.78 is 4.68. The first-order valence-corrected chi connectivity index (χ1v) is 3.58. The summed E-state index contributed by atoms with van der Waals surface area (Å²) >= 11 is 0. The van der Waals surface area contributed by atoms with Gasteiger partial charge < -0.3 is 9.84 Å². The quantitative estimate of drug-likeness (QED) is 0.561. The third-order valence-electron chi connectivity index (χ3n) is 1.78. The molecule has 1 heterocycles. The maximum Gasteiger partial charge on any atom is 0.306 e. The highest BCUT2D eigenvalue weighted by molar-refractivity contribution is 5.74. The van der Waals surface area contributed by atoms with E-state index in [2.05, 4.69) is 4.74 Å². The Balaban J connectivity index is 2.46. The van der Waals surface area contributed by atoms with E-state index in [0.29, 0.717) is 12.8 Å². The van der Waals surface area contributed by atoms with Gasteiger partial charge >= 0.3 is 11.9 Å². The number of carbonyl (C=O) groups excluding carboxylic acids is 1. The zero-order valence-corrected chi connectivity index (χ0v) is 6.08. The minimum Gasteiger partial charge on any atom is -0.481 e. The highest BCUT2D eigenvalue weighted by Crippen LogP contribution is 2.15. The molecule has 0 unspecified atom stereocenters. The summed E-state index contributed by atoms with van der Waals surface area (Å²) in [6, 6.07) is 0. The van der Waals surface area contributed by atoms with Gasteiger partial charge in [0.15, 0.2) is 0 Å². The van der Waals surface area contributed by atoms with Gasteiger partial charge in [0.25, 0.3) is 0 Å². The molecule has 62 valence electrons. The molecule has 1 aliphatic heterocycles. The van der Waals surface area contributed by atoms with Crippen molar-refractivity contribution in [1.82, 2.24) is 0 Å². The molecular weight excluding hydrogens is 148 g/mol. The molecule has 0 bridgehead atoms. The van der Waals surface area contributed by atoms with Crippen LogP contribution in [-0.2, 0) is 14.3 Å². The van der Waals surface area contributed by atoms with Crippen molar-refractivity contribution in [3.63, 3.8) is 0 Å². The Morgan fingerprint density at radius 2 is 2.27 bits per heavy atom. The van der Waals surface area contributed by atoms with E-state index < -0.39 is 11.9 Å². The van der Waals surface area contributed by atoms with Gasteiger partial charge in [-0.25, -0.2) is 0 Å². The number of hydrogen-bond acceptors (Lipinski definition) is 3. The highest BCUT2D eigenvalue weighted by Gasteiger charge is 2.22. The predicted molar refractivity (Wildman–Crippen MR) is 35.9 cm³/mol. The smallest absolute Gasteiger partial charge is 0.306 e. The molecule has 0 aromatic heterocycles. The molecule has 1 aliphatic rings. The van der Waals surface area contributed by atoms with Crippen LogP contribution in [0.3, 0.4) is 0 Å². The van der Waals surface area contributed by atoms with Gasteiger partial charge in [-0.3, -0.25) is 9.59 Å². The van der Waals surface area contributed by atoms with Crippen molar-refractivity contribution < 1.29 is 19.4 Å². The normalized spacial score (nSPS) is 25.5. The van der Waals surface area contributed by atoms with Crippen molar-refractivity contribution in [3.05, 3.63) is 0 Å². The van der Waals surface area contributed by atoms with E-state index in [0.717, 1.165) is 0 Å². The van der Waals surface area contributed by atoms with Gasteiger partial charge in [0, 0.05) is 6.42 Å². The average molecular weight is 158 g/mol. The molecule has 0 spiro atoms. The van der Waals surface area contributed by atoms with Gasteiger partial charge in [-0.15, -0.1) is 0 Å². The van der Waals surface area contributed by atoms with E-state index in [4.69, 9.17) is 5.11 Å². The van der Waals surface area contributed by atoms with E-state index in [9.17, 15) is 9.59 Å². The summed E-state index contributed by atoms with van der Waals surface area (Å²) in [5, 5.41) is 8.58. The zero-order chi connectivity index (χ0) is 8.27. The van der Waals surface area contributed by atoms with Gasteiger partial charge in [0.2, 0.25) is 0 Å². The molecule has 11 heavy (non-hydrogen) atoms. The van der Waals surface area contributed by atoms with Gasteiger partial charge in [0.05, 0.1) is 12.5 Å². The Morgan fingerprint density at radius 3 is 2.91 bits per heavy atom. The lowest BCUT2D eigenvalue weighted by Gasteiger charge is -2.03. The summed E-state index contributed by atoms with van der Waals surface area (Å²) in [4.78, 5) is 21.1. The first kappa shape index (κ1) is 8.04. The molecular formula is C7H10O4. The van der Waals surface area contributed by atoms with Gasteiger partial charge in [0.1, 0.15) is 0 Å². The monoisotopic (exact) mass is 158 g/mol. The second kappa shape index (κ2) is 3.37. The van der Waals surface area contributed by atoms with Crippen LogP contribution in [0.15, 0.2) is 0 Å². The van der Waals surface area contributed by atoms with Crippen LogP contribution in [0.2, 0.25) is 0 Å². The SMILES string of the molecule is O=C1CC[C@H](C(=O)O)CCO1. The summed E-state index contributed by atoms with van der Waals surface area (Å²) in [6.07, 6.45) is 1.09. The molecule has 0 saturated carbocycles. The Bertz CT molecular complexity index is 175. The third kappa shape index (κ3) is 2.22. The number of carbonyl (C=O) groups is 2. The molecule has 0 aromatic rings. The van der Waals surface area contributed by atoms with Crippen LogP contribution >= 0.6 is 0 Å². The number of hydrogen-bond donors (Lipinski definition) is 1. The number of ether oxygens (including phenoxy) is 1. The van der Waals surface area contributed by atoms with E-state index in [-0.39, 0.29) is 19.0 Å². The van der Waals surface area contributed by atoms with Crippen LogP contribution in [0, 0.1) is 5.92 Å². The zero-order valence-electron chi connectivity index (χ0n) is 6.08. The standard InChI is InChI=1S/C7H10O4/c8-6-2-1-5(7(9)10)3-4-11-6/h5H,1-4H2,(H,9,10)/t5-/m0/s1. The molecule has 1 N–H and O–H groups in total. The summed E-state index contributed by atoms with van der Waals surface area (Å²) in [5.41, 5.74) is 0. The van der Waals surface area contributed by atoms with E-state index >= 15 is 0 Å². The molecule has 1 rings (SSSR count). The van der Waals surface area contributed by atoms with Crippen LogP contribution < -0.4 is 0 Å². The van der Waals surface area contributed by atoms with E-state index in [1.165, 1.54) is 0 Å². The molecule has 0 aliphatic carbocycles. The number of carboxylic acids is 1. The number of esters is 1. The first-order chi connectivity index (χ1) is 5.20. The van der Waals surface area contributed by atoms with Crippen molar-refractivity contribution in [3.8, 4) is 0 Å². The fourth-order valence-corrected chi connectivity index (χ4v) is 1.07. The number of carboxylic acid groups (broad SMARTS) is 1. The van der Waals surface area contributed by atoms with Crippen LogP contribution in [0.1, 0.15) is 19.3 Å². The Labute approximate surface area is 64.2 Å². The van der Waals surface area contributed by atoms with Crippen LogP contribution in [-0.4, -0.2) is 23.7 Å².